The van der Waals surface area contributed by atoms with Gasteiger partial charge in [-0.2, -0.15) is 0 Å². The highest BCUT2D eigenvalue weighted by molar-refractivity contribution is 5.89. The fourth-order valence-electron chi connectivity index (χ4n) is 1.39. The molecule has 0 saturated heterocycles. The van der Waals surface area contributed by atoms with Crippen molar-refractivity contribution in [2.45, 2.75) is 12.5 Å². The van der Waals surface area contributed by atoms with Gasteiger partial charge in [0.15, 0.2) is 0 Å². The van der Waals surface area contributed by atoms with Crippen molar-refractivity contribution in [1.29, 1.82) is 0 Å². The topological polar surface area (TPSA) is 76.4 Å². The van der Waals surface area contributed by atoms with Gasteiger partial charge in [-0.3, -0.25) is 0 Å². The van der Waals surface area contributed by atoms with Gasteiger partial charge in [0.05, 0.1) is 0 Å². The first-order valence-electron chi connectivity index (χ1n) is 5.67. The predicted octanol–water partition coefficient (Wildman–Crippen LogP) is 1.31. The van der Waals surface area contributed by atoms with E-state index >= 15 is 0 Å². The lowest BCUT2D eigenvalue weighted by atomic mass is 10.2. The highest BCUT2D eigenvalue weighted by atomic mass is 19.1. The van der Waals surface area contributed by atoms with Crippen molar-refractivity contribution in [2.75, 3.05) is 25.6 Å². The quantitative estimate of drug-likeness (QED) is 0.717. The molecule has 2 amide bonds. The molecule has 6 heteroatoms. The first-order valence-corrected chi connectivity index (χ1v) is 5.67. The number of carbonyl (C=O) groups excluding carboxylic acids is 1. The molecule has 0 radical (unpaired) electrons. The number of methoxy groups -OCH3 is 1. The minimum Gasteiger partial charge on any atom is -0.385 e. The van der Waals surface area contributed by atoms with Crippen molar-refractivity contribution in [3.05, 3.63) is 30.1 Å². The van der Waals surface area contributed by atoms with Gasteiger partial charge in [-0.1, -0.05) is 0 Å². The summed E-state index contributed by atoms with van der Waals surface area (Å²) in [5.74, 6) is -0.346. The lowest BCUT2D eigenvalue weighted by Crippen LogP contribution is -2.43. The van der Waals surface area contributed by atoms with E-state index in [1.54, 1.807) is 7.11 Å². The number of urea groups is 1. The summed E-state index contributed by atoms with van der Waals surface area (Å²) in [5.41, 5.74) is 6.05. The van der Waals surface area contributed by atoms with Crippen molar-refractivity contribution >= 4 is 11.7 Å². The number of nitrogens with one attached hydrogen (secondary N) is 2. The summed E-state index contributed by atoms with van der Waals surface area (Å²) in [6.07, 6.45) is 0.643. The Kier molecular flexibility index (Phi) is 6.10. The van der Waals surface area contributed by atoms with E-state index in [1.807, 2.05) is 0 Å². The van der Waals surface area contributed by atoms with Gasteiger partial charge in [0.1, 0.15) is 5.82 Å². The van der Waals surface area contributed by atoms with E-state index in [1.165, 1.54) is 24.3 Å². The fourth-order valence-corrected chi connectivity index (χ4v) is 1.39. The van der Waals surface area contributed by atoms with Crippen LogP contribution in [0.2, 0.25) is 0 Å². The van der Waals surface area contributed by atoms with Gasteiger partial charge in [-0.05, 0) is 30.7 Å². The average Bonchev–Trinajstić information content (AvgIpc) is 2.37. The number of anilines is 1. The summed E-state index contributed by atoms with van der Waals surface area (Å²) in [7, 11) is 1.59. The number of benzene rings is 1. The van der Waals surface area contributed by atoms with Gasteiger partial charge >= 0.3 is 6.03 Å². The second kappa shape index (κ2) is 7.62. The molecule has 1 aromatic carbocycles. The molecule has 0 saturated carbocycles. The monoisotopic (exact) mass is 255 g/mol. The molecule has 0 aromatic heterocycles. The zero-order valence-corrected chi connectivity index (χ0v) is 10.3. The number of halogens is 1. The van der Waals surface area contributed by atoms with Crippen LogP contribution in [-0.4, -0.2) is 32.3 Å². The third-order valence-corrected chi connectivity index (χ3v) is 2.39. The number of nitrogens with two attached hydrogens (primary N) is 1. The standard InChI is InChI=1S/C12H18FN3O2/c1-18-7-6-11(8-14)16-12(17)15-10-4-2-9(13)3-5-10/h2-5,11H,6-8,14H2,1H3,(H2,15,16,17). The van der Waals surface area contributed by atoms with Crippen LogP contribution >= 0.6 is 0 Å². The van der Waals surface area contributed by atoms with E-state index in [4.69, 9.17) is 10.5 Å². The van der Waals surface area contributed by atoms with Gasteiger partial charge in [0.2, 0.25) is 0 Å². The summed E-state index contributed by atoms with van der Waals surface area (Å²) in [6.45, 7) is 0.860. The van der Waals surface area contributed by atoms with Crippen LogP contribution < -0.4 is 16.4 Å². The maximum Gasteiger partial charge on any atom is 0.319 e. The molecule has 0 aliphatic heterocycles. The predicted molar refractivity (Wildman–Crippen MR) is 67.9 cm³/mol. The Hall–Kier alpha value is -1.66. The molecule has 1 rings (SSSR count). The zero-order chi connectivity index (χ0) is 13.4. The Labute approximate surface area is 106 Å². The van der Waals surface area contributed by atoms with E-state index < -0.39 is 0 Å². The van der Waals surface area contributed by atoms with E-state index in [0.717, 1.165) is 0 Å². The number of rotatable bonds is 6. The highest BCUT2D eigenvalue weighted by Crippen LogP contribution is 2.07. The Morgan fingerprint density at radius 1 is 1.44 bits per heavy atom. The van der Waals surface area contributed by atoms with E-state index in [2.05, 4.69) is 10.6 Å². The van der Waals surface area contributed by atoms with Crippen LogP contribution in [0.3, 0.4) is 0 Å². The Bertz CT molecular complexity index is 370. The third-order valence-electron chi connectivity index (χ3n) is 2.39. The van der Waals surface area contributed by atoms with Crippen molar-refractivity contribution in [2.24, 2.45) is 5.73 Å². The second-order valence-electron chi connectivity index (χ2n) is 3.82. The van der Waals surface area contributed by atoms with E-state index in [9.17, 15) is 9.18 Å². The first-order chi connectivity index (χ1) is 8.65. The van der Waals surface area contributed by atoms with E-state index in [0.29, 0.717) is 25.3 Å². The normalized spacial score (nSPS) is 11.9. The van der Waals surface area contributed by atoms with Crippen molar-refractivity contribution in [1.82, 2.24) is 5.32 Å². The molecular weight excluding hydrogens is 237 g/mol. The van der Waals surface area contributed by atoms with Gasteiger partial charge in [0.25, 0.3) is 0 Å². The van der Waals surface area contributed by atoms with Crippen molar-refractivity contribution in [3.63, 3.8) is 0 Å². The molecule has 5 nitrogen and oxygen atoms in total. The molecule has 0 aliphatic carbocycles. The molecule has 0 heterocycles. The van der Waals surface area contributed by atoms with Gasteiger partial charge < -0.3 is 21.1 Å². The lowest BCUT2D eigenvalue weighted by Gasteiger charge is -2.16. The highest BCUT2D eigenvalue weighted by Gasteiger charge is 2.10. The summed E-state index contributed by atoms with van der Waals surface area (Å²) in [4.78, 5) is 11.6. The molecule has 4 N–H and O–H groups in total. The van der Waals surface area contributed by atoms with Crippen molar-refractivity contribution in [3.8, 4) is 0 Å². The van der Waals surface area contributed by atoms with Crippen LogP contribution in [0.5, 0.6) is 0 Å². The van der Waals surface area contributed by atoms with Crippen LogP contribution in [0.15, 0.2) is 24.3 Å². The summed E-state index contributed by atoms with van der Waals surface area (Å²) in [6, 6.07) is 5.02. The maximum absolute atomic E-state index is 12.7. The Morgan fingerprint density at radius 2 is 2.11 bits per heavy atom. The number of hydrogen-bond acceptors (Lipinski definition) is 3. The number of carbonyl (C=O) groups is 1. The largest absolute Gasteiger partial charge is 0.385 e. The molecule has 1 unspecified atom stereocenters. The first kappa shape index (κ1) is 14.4. The minimum atomic E-state index is -0.367. The van der Waals surface area contributed by atoms with Crippen LogP contribution in [0.4, 0.5) is 14.9 Å². The smallest absolute Gasteiger partial charge is 0.319 e. The molecule has 1 aromatic rings. The summed E-state index contributed by atoms with van der Waals surface area (Å²) in [5, 5.41) is 5.31. The lowest BCUT2D eigenvalue weighted by molar-refractivity contribution is 0.183. The third kappa shape index (κ3) is 5.11. The maximum atomic E-state index is 12.7. The molecule has 1 atom stereocenters. The molecule has 0 aliphatic rings. The molecular formula is C12H18FN3O2. The van der Waals surface area contributed by atoms with Crippen LogP contribution in [-0.2, 0) is 4.74 Å². The molecule has 0 bridgehead atoms. The fraction of sp³-hybridized carbons (Fsp3) is 0.417. The molecule has 18 heavy (non-hydrogen) atoms. The van der Waals surface area contributed by atoms with Crippen LogP contribution in [0.1, 0.15) is 6.42 Å². The number of ether oxygens (including phenoxy) is 1. The van der Waals surface area contributed by atoms with Crippen LogP contribution in [0, 0.1) is 5.82 Å². The van der Waals surface area contributed by atoms with Gasteiger partial charge in [0, 0.05) is 32.0 Å². The van der Waals surface area contributed by atoms with Crippen molar-refractivity contribution < 1.29 is 13.9 Å². The SMILES string of the molecule is COCCC(CN)NC(=O)Nc1ccc(F)cc1. The zero-order valence-electron chi connectivity index (χ0n) is 10.3. The van der Waals surface area contributed by atoms with Gasteiger partial charge in [-0.15, -0.1) is 0 Å². The Balaban J connectivity index is 2.42. The van der Waals surface area contributed by atoms with E-state index in [-0.39, 0.29) is 17.9 Å². The number of amides is 2. The minimum absolute atomic E-state index is 0.148. The number of hydrogen-bond donors (Lipinski definition) is 3. The molecule has 0 spiro atoms. The van der Waals surface area contributed by atoms with Crippen LogP contribution in [0.25, 0.3) is 0 Å². The average molecular weight is 255 g/mol. The Morgan fingerprint density at radius 3 is 2.67 bits per heavy atom. The summed E-state index contributed by atoms with van der Waals surface area (Å²) < 4.78 is 17.6. The molecule has 0 fully saturated rings. The summed E-state index contributed by atoms with van der Waals surface area (Å²) >= 11 is 0. The van der Waals surface area contributed by atoms with Gasteiger partial charge in [-0.25, -0.2) is 9.18 Å². The molecule has 100 valence electrons. The second-order valence-corrected chi connectivity index (χ2v) is 3.82.